The van der Waals surface area contributed by atoms with Crippen LogP contribution >= 0.6 is 22.7 Å². The number of hydrogen-bond acceptors (Lipinski definition) is 6. The van der Waals surface area contributed by atoms with Gasteiger partial charge in [-0.25, -0.2) is 4.98 Å². The lowest BCUT2D eigenvalue weighted by Gasteiger charge is -2.14. The van der Waals surface area contributed by atoms with Crippen molar-refractivity contribution in [1.82, 2.24) is 19.7 Å². The normalized spacial score (nSPS) is 12.9. The van der Waals surface area contributed by atoms with Crippen molar-refractivity contribution in [3.63, 3.8) is 0 Å². The van der Waals surface area contributed by atoms with Crippen LogP contribution in [0.2, 0.25) is 0 Å². The fourth-order valence-corrected chi connectivity index (χ4v) is 3.69. The molecule has 0 aliphatic heterocycles. The Morgan fingerprint density at radius 3 is 3.00 bits per heavy atom. The van der Waals surface area contributed by atoms with Crippen LogP contribution in [0.4, 0.5) is 0 Å². The van der Waals surface area contributed by atoms with Crippen molar-refractivity contribution in [1.29, 1.82) is 0 Å². The van der Waals surface area contributed by atoms with Gasteiger partial charge in [0.15, 0.2) is 4.96 Å². The number of hydrogen-bond donors (Lipinski definition) is 1. The van der Waals surface area contributed by atoms with Gasteiger partial charge in [-0.3, -0.25) is 4.40 Å². The smallest absolute Gasteiger partial charge is 0.237 e. The van der Waals surface area contributed by atoms with E-state index in [1.165, 1.54) is 0 Å². The number of ether oxygens (including phenoxy) is 1. The molecule has 0 aliphatic carbocycles. The molecule has 3 rings (SSSR count). The van der Waals surface area contributed by atoms with E-state index in [9.17, 15) is 0 Å². The van der Waals surface area contributed by atoms with E-state index in [1.807, 2.05) is 23.2 Å². The monoisotopic (exact) mass is 308 g/mol. The summed E-state index contributed by atoms with van der Waals surface area (Å²) in [5, 5.41) is 8.71. The summed E-state index contributed by atoms with van der Waals surface area (Å²) in [6.45, 7) is 2.87. The number of imidazole rings is 1. The van der Waals surface area contributed by atoms with Crippen LogP contribution in [-0.2, 0) is 6.54 Å². The third-order valence-electron chi connectivity index (χ3n) is 3.19. The Morgan fingerprint density at radius 1 is 1.40 bits per heavy atom. The molecule has 1 N–H and O–H groups in total. The van der Waals surface area contributed by atoms with Crippen molar-refractivity contribution in [3.05, 3.63) is 33.9 Å². The Bertz CT molecular complexity index is 674. The van der Waals surface area contributed by atoms with Crippen LogP contribution in [0, 0.1) is 0 Å². The first-order valence-electron chi connectivity index (χ1n) is 6.44. The van der Waals surface area contributed by atoms with Gasteiger partial charge in [-0.1, -0.05) is 6.92 Å². The minimum atomic E-state index is 0.267. The van der Waals surface area contributed by atoms with Crippen LogP contribution in [0.1, 0.15) is 30.1 Å². The van der Waals surface area contributed by atoms with Crippen molar-refractivity contribution < 1.29 is 4.74 Å². The average molecular weight is 308 g/mol. The van der Waals surface area contributed by atoms with Gasteiger partial charge in [-0.05, 0) is 6.42 Å². The fraction of sp³-hybridized carbons (Fsp3) is 0.385. The number of fused-ring (bicyclic) bond motifs is 1. The van der Waals surface area contributed by atoms with Gasteiger partial charge in [-0.15, -0.1) is 22.7 Å². The van der Waals surface area contributed by atoms with Crippen LogP contribution in [-0.4, -0.2) is 21.5 Å². The highest BCUT2D eigenvalue weighted by molar-refractivity contribution is 7.15. The molecule has 0 aromatic carbocycles. The second-order valence-corrected chi connectivity index (χ2v) is 6.13. The Hall–Kier alpha value is -1.44. The number of thiazole rings is 2. The predicted molar refractivity (Wildman–Crippen MR) is 81.6 cm³/mol. The van der Waals surface area contributed by atoms with Crippen LogP contribution in [0.25, 0.3) is 4.96 Å². The van der Waals surface area contributed by atoms with Crippen molar-refractivity contribution in [2.24, 2.45) is 0 Å². The summed E-state index contributed by atoms with van der Waals surface area (Å²) >= 11 is 3.29. The molecule has 0 fully saturated rings. The maximum Gasteiger partial charge on any atom is 0.237 e. The first kappa shape index (κ1) is 13.5. The molecule has 1 atom stereocenters. The Labute approximate surface area is 125 Å². The lowest BCUT2D eigenvalue weighted by Crippen LogP contribution is -2.21. The molecule has 0 saturated heterocycles. The molecule has 3 aromatic heterocycles. The van der Waals surface area contributed by atoms with E-state index in [4.69, 9.17) is 4.74 Å². The number of nitrogens with one attached hydrogen (secondary N) is 1. The summed E-state index contributed by atoms with van der Waals surface area (Å²) in [5.74, 6) is 0.693. The van der Waals surface area contributed by atoms with E-state index in [1.54, 1.807) is 29.8 Å². The number of nitrogens with zero attached hydrogens (tertiary/aromatic N) is 3. The molecule has 106 valence electrons. The van der Waals surface area contributed by atoms with Crippen LogP contribution in [0.3, 0.4) is 0 Å². The first-order chi connectivity index (χ1) is 9.83. The summed E-state index contributed by atoms with van der Waals surface area (Å²) in [7, 11) is 1.66. The summed E-state index contributed by atoms with van der Waals surface area (Å²) in [5.41, 5.74) is 1.05. The van der Waals surface area contributed by atoms with E-state index in [0.29, 0.717) is 12.4 Å². The molecule has 0 bridgehead atoms. The molecule has 3 aromatic rings. The van der Waals surface area contributed by atoms with Crippen LogP contribution < -0.4 is 10.1 Å². The van der Waals surface area contributed by atoms with Crippen molar-refractivity contribution in [3.8, 4) is 5.88 Å². The molecule has 0 saturated carbocycles. The summed E-state index contributed by atoms with van der Waals surface area (Å²) < 4.78 is 7.44. The first-order valence-corrected chi connectivity index (χ1v) is 8.20. The number of methoxy groups -OCH3 is 1. The predicted octanol–water partition coefficient (Wildman–Crippen LogP) is 3.10. The fourth-order valence-electron chi connectivity index (χ4n) is 2.17. The lowest BCUT2D eigenvalue weighted by atomic mass is 10.2. The Kier molecular flexibility index (Phi) is 4.00. The zero-order valence-electron chi connectivity index (χ0n) is 11.4. The van der Waals surface area contributed by atoms with Crippen molar-refractivity contribution in [2.45, 2.75) is 25.9 Å². The Morgan fingerprint density at radius 2 is 2.30 bits per heavy atom. The van der Waals surface area contributed by atoms with Gasteiger partial charge in [0, 0.05) is 29.7 Å². The topological polar surface area (TPSA) is 51.5 Å². The lowest BCUT2D eigenvalue weighted by molar-refractivity contribution is 0.390. The molecular formula is C13H16N4OS2. The molecule has 0 radical (unpaired) electrons. The molecular weight excluding hydrogens is 292 g/mol. The minimum absolute atomic E-state index is 0.267. The second kappa shape index (κ2) is 5.90. The van der Waals surface area contributed by atoms with Crippen molar-refractivity contribution >= 4 is 27.6 Å². The summed E-state index contributed by atoms with van der Waals surface area (Å²) in [6, 6.07) is 0.267. The summed E-state index contributed by atoms with van der Waals surface area (Å²) in [4.78, 5) is 9.81. The van der Waals surface area contributed by atoms with Crippen molar-refractivity contribution in [2.75, 3.05) is 7.11 Å². The van der Waals surface area contributed by atoms with Gasteiger partial charge in [0.25, 0.3) is 0 Å². The number of aromatic nitrogens is 3. The zero-order chi connectivity index (χ0) is 13.9. The van der Waals surface area contributed by atoms with Gasteiger partial charge in [-0.2, -0.15) is 4.98 Å². The molecule has 0 aliphatic rings. The molecule has 3 heterocycles. The Balaban J connectivity index is 1.80. The third-order valence-corrected chi connectivity index (χ3v) is 4.84. The van der Waals surface area contributed by atoms with Gasteiger partial charge in [0.1, 0.15) is 10.7 Å². The zero-order valence-corrected chi connectivity index (χ0v) is 13.0. The third kappa shape index (κ3) is 2.44. The van der Waals surface area contributed by atoms with Crippen LogP contribution in [0.15, 0.2) is 23.2 Å². The largest absolute Gasteiger partial charge is 0.480 e. The SMILES string of the molecule is CCC(NCc1c(OC)nc2sccn12)c1nccs1. The highest BCUT2D eigenvalue weighted by Gasteiger charge is 2.17. The van der Waals surface area contributed by atoms with Gasteiger partial charge >= 0.3 is 0 Å². The summed E-state index contributed by atoms with van der Waals surface area (Å²) in [6.07, 6.45) is 4.87. The minimum Gasteiger partial charge on any atom is -0.480 e. The molecule has 7 heteroatoms. The molecule has 20 heavy (non-hydrogen) atoms. The van der Waals surface area contributed by atoms with Gasteiger partial charge < -0.3 is 10.1 Å². The quantitative estimate of drug-likeness (QED) is 0.760. The van der Waals surface area contributed by atoms with Gasteiger partial charge in [0.05, 0.1) is 13.2 Å². The van der Waals surface area contributed by atoms with E-state index in [2.05, 4.69) is 26.6 Å². The van der Waals surface area contributed by atoms with Crippen LogP contribution in [0.5, 0.6) is 5.88 Å². The average Bonchev–Trinajstić information content (AvgIpc) is 3.16. The number of rotatable bonds is 6. The van der Waals surface area contributed by atoms with E-state index < -0.39 is 0 Å². The standard InChI is InChI=1S/C13H16N4OS2/c1-3-9(12-14-4-6-19-12)15-8-10-11(18-2)16-13-17(10)5-7-20-13/h4-7,9,15H,3,8H2,1-2H3. The second-order valence-electron chi connectivity index (χ2n) is 4.34. The maximum absolute atomic E-state index is 5.37. The molecule has 0 amide bonds. The molecule has 0 spiro atoms. The highest BCUT2D eigenvalue weighted by Crippen LogP contribution is 2.25. The molecule has 1 unspecified atom stereocenters. The van der Waals surface area contributed by atoms with E-state index in [0.717, 1.165) is 22.1 Å². The maximum atomic E-state index is 5.37. The van der Waals surface area contributed by atoms with Gasteiger partial charge in [0.2, 0.25) is 5.88 Å². The molecule has 5 nitrogen and oxygen atoms in total. The highest BCUT2D eigenvalue weighted by atomic mass is 32.1. The van der Waals surface area contributed by atoms with E-state index >= 15 is 0 Å². The van der Waals surface area contributed by atoms with E-state index in [-0.39, 0.29) is 6.04 Å².